The van der Waals surface area contributed by atoms with Gasteiger partial charge in [0.1, 0.15) is 0 Å². The van der Waals surface area contributed by atoms with Crippen molar-refractivity contribution >= 4 is 5.95 Å². The molecule has 2 N–H and O–H groups in total. The van der Waals surface area contributed by atoms with Crippen LogP contribution in [0.5, 0.6) is 0 Å². The second-order valence-corrected chi connectivity index (χ2v) is 6.32. The summed E-state index contributed by atoms with van der Waals surface area (Å²) < 4.78 is 2.16. The number of benzene rings is 1. The molecule has 0 amide bonds. The van der Waals surface area contributed by atoms with E-state index in [0.29, 0.717) is 6.54 Å². The van der Waals surface area contributed by atoms with Gasteiger partial charge in [-0.2, -0.15) is 0 Å². The summed E-state index contributed by atoms with van der Waals surface area (Å²) >= 11 is 0. The molecule has 0 aliphatic carbocycles. The molecular formula is C17H26N4. The fourth-order valence-electron chi connectivity index (χ4n) is 2.41. The quantitative estimate of drug-likeness (QED) is 0.888. The van der Waals surface area contributed by atoms with Crippen LogP contribution in [0.1, 0.15) is 26.5 Å². The summed E-state index contributed by atoms with van der Waals surface area (Å²) in [5.74, 6) is 0.972. The minimum absolute atomic E-state index is 0.0641. The Morgan fingerprint density at radius 1 is 1.24 bits per heavy atom. The van der Waals surface area contributed by atoms with Gasteiger partial charge in [0.2, 0.25) is 5.95 Å². The van der Waals surface area contributed by atoms with Crippen molar-refractivity contribution in [3.05, 3.63) is 42.2 Å². The number of hydrogen-bond acceptors (Lipinski definition) is 3. The monoisotopic (exact) mass is 286 g/mol. The van der Waals surface area contributed by atoms with Crippen LogP contribution in [0.15, 0.2) is 36.5 Å². The molecule has 1 heterocycles. The Morgan fingerprint density at radius 2 is 1.90 bits per heavy atom. The molecule has 0 saturated carbocycles. The van der Waals surface area contributed by atoms with Crippen LogP contribution >= 0.6 is 0 Å². The maximum Gasteiger partial charge on any atom is 0.210 e. The molecule has 0 bridgehead atoms. The number of aromatic nitrogens is 2. The number of nitrogens with zero attached hydrogens (tertiary/aromatic N) is 3. The van der Waals surface area contributed by atoms with Crippen LogP contribution in [0.3, 0.4) is 0 Å². The highest BCUT2D eigenvalue weighted by Gasteiger charge is 2.21. The number of anilines is 1. The van der Waals surface area contributed by atoms with E-state index < -0.39 is 0 Å². The van der Waals surface area contributed by atoms with Crippen molar-refractivity contribution in [1.29, 1.82) is 0 Å². The Balaban J connectivity index is 2.36. The van der Waals surface area contributed by atoms with E-state index in [1.165, 1.54) is 0 Å². The molecule has 0 fully saturated rings. The molecule has 0 spiro atoms. The Morgan fingerprint density at radius 3 is 2.48 bits per heavy atom. The van der Waals surface area contributed by atoms with E-state index >= 15 is 0 Å². The topological polar surface area (TPSA) is 47.1 Å². The van der Waals surface area contributed by atoms with Gasteiger partial charge in [0.25, 0.3) is 0 Å². The normalized spacial score (nSPS) is 11.7. The van der Waals surface area contributed by atoms with Gasteiger partial charge in [0, 0.05) is 25.5 Å². The Hall–Kier alpha value is -1.81. The minimum Gasteiger partial charge on any atom is -0.344 e. The number of aryl methyl sites for hydroxylation is 1. The van der Waals surface area contributed by atoms with E-state index in [0.717, 1.165) is 30.3 Å². The first kappa shape index (κ1) is 15.6. The first-order valence-electron chi connectivity index (χ1n) is 7.52. The molecule has 4 nitrogen and oxygen atoms in total. The largest absolute Gasteiger partial charge is 0.344 e. The lowest BCUT2D eigenvalue weighted by Gasteiger charge is -2.30. The number of hydrogen-bond donors (Lipinski definition) is 1. The summed E-state index contributed by atoms with van der Waals surface area (Å²) in [4.78, 5) is 6.96. The number of para-hydroxylation sites is 1. The van der Waals surface area contributed by atoms with E-state index in [-0.39, 0.29) is 5.41 Å². The van der Waals surface area contributed by atoms with Crippen LogP contribution in [0.25, 0.3) is 5.69 Å². The highest BCUT2D eigenvalue weighted by molar-refractivity contribution is 5.44. The smallest absolute Gasteiger partial charge is 0.210 e. The van der Waals surface area contributed by atoms with Gasteiger partial charge in [-0.15, -0.1) is 0 Å². The van der Waals surface area contributed by atoms with E-state index in [9.17, 15) is 0 Å². The van der Waals surface area contributed by atoms with Gasteiger partial charge in [0.05, 0.1) is 5.69 Å². The van der Waals surface area contributed by atoms with Crippen LogP contribution in [0.2, 0.25) is 0 Å². The van der Waals surface area contributed by atoms with E-state index in [1.807, 2.05) is 6.07 Å². The zero-order valence-electron chi connectivity index (χ0n) is 13.5. The molecule has 2 rings (SSSR count). The zero-order chi connectivity index (χ0) is 15.5. The molecule has 2 aromatic rings. The molecule has 4 heteroatoms. The van der Waals surface area contributed by atoms with E-state index in [1.54, 1.807) is 0 Å². The second kappa shape index (κ2) is 6.31. The Bertz CT molecular complexity index is 572. The summed E-state index contributed by atoms with van der Waals surface area (Å²) in [7, 11) is 2.08. The summed E-state index contributed by atoms with van der Waals surface area (Å²) in [6, 6.07) is 10.3. The molecule has 21 heavy (non-hydrogen) atoms. The molecule has 0 aliphatic rings. The second-order valence-electron chi connectivity index (χ2n) is 6.32. The average molecular weight is 286 g/mol. The minimum atomic E-state index is 0.0641. The fraction of sp³-hybridized carbons (Fsp3) is 0.471. The van der Waals surface area contributed by atoms with Crippen molar-refractivity contribution in [3.8, 4) is 5.69 Å². The Kier molecular flexibility index (Phi) is 4.68. The third-order valence-electron chi connectivity index (χ3n) is 3.69. The maximum atomic E-state index is 5.86. The summed E-state index contributed by atoms with van der Waals surface area (Å²) in [6.07, 6.45) is 3.05. The highest BCUT2D eigenvalue weighted by Crippen LogP contribution is 2.23. The number of nitrogens with two attached hydrogens (primary N) is 1. The predicted molar refractivity (Wildman–Crippen MR) is 89.0 cm³/mol. The molecule has 0 aliphatic heterocycles. The lowest BCUT2D eigenvalue weighted by Crippen LogP contribution is -2.37. The lowest BCUT2D eigenvalue weighted by atomic mass is 9.93. The van der Waals surface area contributed by atoms with Gasteiger partial charge in [0.15, 0.2) is 0 Å². The van der Waals surface area contributed by atoms with Crippen molar-refractivity contribution in [1.82, 2.24) is 9.55 Å². The van der Waals surface area contributed by atoms with Crippen LogP contribution in [-0.4, -0.2) is 29.7 Å². The first-order chi connectivity index (χ1) is 9.96. The average Bonchev–Trinajstić information content (AvgIpc) is 2.92. The molecule has 1 aromatic heterocycles. The number of imidazole rings is 1. The molecule has 0 saturated heterocycles. The van der Waals surface area contributed by atoms with Gasteiger partial charge >= 0.3 is 0 Å². The molecular weight excluding hydrogens is 260 g/mol. The summed E-state index contributed by atoms with van der Waals surface area (Å²) in [6.45, 7) is 8.02. The van der Waals surface area contributed by atoms with E-state index in [4.69, 9.17) is 10.7 Å². The SMILES string of the molecule is CCc1cn(-c2ccccc2)c(N(C)CC(C)(C)CN)n1. The van der Waals surface area contributed by atoms with Crippen molar-refractivity contribution in [3.63, 3.8) is 0 Å². The van der Waals surface area contributed by atoms with Crippen molar-refractivity contribution in [2.24, 2.45) is 11.1 Å². The zero-order valence-corrected chi connectivity index (χ0v) is 13.5. The standard InChI is InChI=1S/C17H26N4/c1-5-14-11-21(15-9-7-6-8-10-15)16(19-14)20(4)13-17(2,3)12-18/h6-11H,5,12-13,18H2,1-4H3. The van der Waals surface area contributed by atoms with Gasteiger partial charge in [-0.3, -0.25) is 4.57 Å². The fourth-order valence-corrected chi connectivity index (χ4v) is 2.41. The Labute approximate surface area is 127 Å². The third kappa shape index (κ3) is 3.64. The summed E-state index contributed by atoms with van der Waals surface area (Å²) in [5.41, 5.74) is 8.16. The van der Waals surface area contributed by atoms with Crippen LogP contribution in [-0.2, 0) is 6.42 Å². The summed E-state index contributed by atoms with van der Waals surface area (Å²) in [5, 5.41) is 0. The maximum absolute atomic E-state index is 5.86. The van der Waals surface area contributed by atoms with Gasteiger partial charge in [-0.1, -0.05) is 39.0 Å². The van der Waals surface area contributed by atoms with E-state index in [2.05, 4.69) is 67.7 Å². The molecule has 1 aromatic carbocycles. The van der Waals surface area contributed by atoms with Gasteiger partial charge in [-0.05, 0) is 30.5 Å². The molecule has 114 valence electrons. The van der Waals surface area contributed by atoms with Crippen molar-refractivity contribution in [2.75, 3.05) is 25.0 Å². The molecule has 0 radical (unpaired) electrons. The first-order valence-corrected chi connectivity index (χ1v) is 7.52. The molecule has 0 unspecified atom stereocenters. The molecule has 0 atom stereocenters. The highest BCUT2D eigenvalue weighted by atomic mass is 15.3. The van der Waals surface area contributed by atoms with Crippen molar-refractivity contribution < 1.29 is 0 Å². The van der Waals surface area contributed by atoms with Gasteiger partial charge in [-0.25, -0.2) is 4.98 Å². The van der Waals surface area contributed by atoms with Crippen LogP contribution in [0.4, 0.5) is 5.95 Å². The third-order valence-corrected chi connectivity index (χ3v) is 3.69. The van der Waals surface area contributed by atoms with Crippen LogP contribution < -0.4 is 10.6 Å². The number of rotatable bonds is 6. The van der Waals surface area contributed by atoms with Gasteiger partial charge < -0.3 is 10.6 Å². The van der Waals surface area contributed by atoms with Crippen molar-refractivity contribution in [2.45, 2.75) is 27.2 Å². The predicted octanol–water partition coefficient (Wildman–Crippen LogP) is 2.86. The lowest BCUT2D eigenvalue weighted by molar-refractivity contribution is 0.383. The van der Waals surface area contributed by atoms with Crippen LogP contribution in [0, 0.1) is 5.41 Å².